The van der Waals surface area contributed by atoms with E-state index in [1.807, 2.05) is 6.07 Å². The second-order valence-electron chi connectivity index (χ2n) is 4.31. The van der Waals surface area contributed by atoms with E-state index in [2.05, 4.69) is 11.1 Å². The minimum atomic E-state index is 0.436. The van der Waals surface area contributed by atoms with Gasteiger partial charge in [0.25, 0.3) is 0 Å². The van der Waals surface area contributed by atoms with Crippen LogP contribution in [-0.4, -0.2) is 26.3 Å². The first kappa shape index (κ1) is 15.4. The molecule has 0 aliphatic heterocycles. The van der Waals surface area contributed by atoms with E-state index in [4.69, 9.17) is 14.2 Å². The highest BCUT2D eigenvalue weighted by atomic mass is 16.5. The van der Waals surface area contributed by atoms with Crippen LogP contribution in [0.3, 0.4) is 0 Å². The molecule has 22 heavy (non-hydrogen) atoms. The number of hydrogen-bond donors (Lipinski definition) is 0. The normalized spacial score (nSPS) is 10.7. The van der Waals surface area contributed by atoms with Crippen LogP contribution in [0.1, 0.15) is 11.3 Å². The molecule has 112 valence electrons. The molecule has 5 heteroatoms. The molecule has 1 heterocycles. The van der Waals surface area contributed by atoms with Gasteiger partial charge in [-0.05, 0) is 30.3 Å². The number of ether oxygens (including phenoxy) is 3. The average molecular weight is 296 g/mol. The van der Waals surface area contributed by atoms with E-state index in [0.717, 1.165) is 0 Å². The zero-order valence-electron chi connectivity index (χ0n) is 12.7. The largest absolute Gasteiger partial charge is 0.493 e. The number of allylic oxidation sites excluding steroid dienone is 1. The highest BCUT2D eigenvalue weighted by Gasteiger charge is 2.15. The summed E-state index contributed by atoms with van der Waals surface area (Å²) in [6, 6.07) is 11.1. The van der Waals surface area contributed by atoms with Crippen molar-refractivity contribution in [1.29, 1.82) is 5.26 Å². The zero-order chi connectivity index (χ0) is 15.9. The molecule has 0 amide bonds. The van der Waals surface area contributed by atoms with Crippen molar-refractivity contribution in [3.8, 4) is 23.3 Å². The minimum absolute atomic E-state index is 0.436. The van der Waals surface area contributed by atoms with Crippen molar-refractivity contribution in [2.24, 2.45) is 0 Å². The predicted molar refractivity (Wildman–Crippen MR) is 83.8 cm³/mol. The van der Waals surface area contributed by atoms with Gasteiger partial charge in [-0.25, -0.2) is 0 Å². The second-order valence-corrected chi connectivity index (χ2v) is 4.31. The van der Waals surface area contributed by atoms with Crippen LogP contribution < -0.4 is 14.2 Å². The third kappa shape index (κ3) is 3.01. The zero-order valence-corrected chi connectivity index (χ0v) is 12.7. The van der Waals surface area contributed by atoms with Crippen LogP contribution >= 0.6 is 0 Å². The average Bonchev–Trinajstić information content (AvgIpc) is 2.59. The van der Waals surface area contributed by atoms with Gasteiger partial charge in [0.2, 0.25) is 5.75 Å². The number of rotatable bonds is 5. The molecule has 0 aliphatic rings. The first-order valence-electron chi connectivity index (χ1n) is 6.57. The Morgan fingerprint density at radius 2 is 1.82 bits per heavy atom. The van der Waals surface area contributed by atoms with E-state index < -0.39 is 0 Å². The van der Waals surface area contributed by atoms with E-state index in [-0.39, 0.29) is 0 Å². The van der Waals surface area contributed by atoms with Gasteiger partial charge >= 0.3 is 0 Å². The number of nitrogens with zero attached hydrogens (tertiary/aromatic N) is 2. The van der Waals surface area contributed by atoms with E-state index in [1.54, 1.807) is 50.8 Å². The van der Waals surface area contributed by atoms with Crippen LogP contribution in [0.25, 0.3) is 11.6 Å². The van der Waals surface area contributed by atoms with Gasteiger partial charge in [0.05, 0.1) is 32.6 Å². The molecule has 0 saturated heterocycles. The molecule has 1 aromatic carbocycles. The van der Waals surface area contributed by atoms with Gasteiger partial charge in [-0.3, -0.25) is 4.98 Å². The van der Waals surface area contributed by atoms with Gasteiger partial charge in [-0.2, -0.15) is 5.26 Å². The molecule has 5 nitrogen and oxygen atoms in total. The quantitative estimate of drug-likeness (QED) is 0.793. The summed E-state index contributed by atoms with van der Waals surface area (Å²) in [6.07, 6.45) is 3.36. The first-order chi connectivity index (χ1) is 10.7. The number of benzene rings is 1. The first-order valence-corrected chi connectivity index (χ1v) is 6.57. The van der Waals surface area contributed by atoms with Gasteiger partial charge in [0.15, 0.2) is 11.5 Å². The Labute approximate surface area is 129 Å². The molecule has 0 saturated carbocycles. The lowest BCUT2D eigenvalue weighted by Crippen LogP contribution is -1.97. The summed E-state index contributed by atoms with van der Waals surface area (Å²) in [5.41, 5.74) is 1.75. The van der Waals surface area contributed by atoms with E-state index >= 15 is 0 Å². The fourth-order valence-corrected chi connectivity index (χ4v) is 2.08. The molecular weight excluding hydrogens is 280 g/mol. The number of pyridine rings is 1. The Kier molecular flexibility index (Phi) is 4.99. The molecule has 0 fully saturated rings. The van der Waals surface area contributed by atoms with Gasteiger partial charge in [-0.15, -0.1) is 0 Å². The topological polar surface area (TPSA) is 64.4 Å². The number of hydrogen-bond acceptors (Lipinski definition) is 5. The van der Waals surface area contributed by atoms with Crippen molar-refractivity contribution < 1.29 is 14.2 Å². The van der Waals surface area contributed by atoms with Crippen LogP contribution in [0.4, 0.5) is 0 Å². The predicted octanol–water partition coefficient (Wildman–Crippen LogP) is 3.17. The smallest absolute Gasteiger partial charge is 0.203 e. The second kappa shape index (κ2) is 7.14. The summed E-state index contributed by atoms with van der Waals surface area (Å²) in [6.45, 7) is 0. The molecule has 0 N–H and O–H groups in total. The van der Waals surface area contributed by atoms with Gasteiger partial charge in [0.1, 0.15) is 6.07 Å². The molecule has 2 rings (SSSR count). The number of nitriles is 1. The summed E-state index contributed by atoms with van der Waals surface area (Å²) in [7, 11) is 4.64. The maximum Gasteiger partial charge on any atom is 0.203 e. The molecule has 0 atom stereocenters. The Morgan fingerprint density at radius 1 is 1.05 bits per heavy atom. The van der Waals surface area contributed by atoms with Crippen molar-refractivity contribution in [1.82, 2.24) is 4.98 Å². The lowest BCUT2D eigenvalue weighted by molar-refractivity contribution is 0.324. The highest BCUT2D eigenvalue weighted by molar-refractivity contribution is 5.90. The molecule has 0 bridgehead atoms. The molecule has 2 aromatic rings. The van der Waals surface area contributed by atoms with Crippen molar-refractivity contribution >= 4 is 11.6 Å². The van der Waals surface area contributed by atoms with E-state index in [0.29, 0.717) is 34.1 Å². The Hall–Kier alpha value is -3.00. The van der Waals surface area contributed by atoms with Crippen LogP contribution in [0.2, 0.25) is 0 Å². The van der Waals surface area contributed by atoms with Gasteiger partial charge in [-0.1, -0.05) is 6.07 Å². The number of aromatic nitrogens is 1. The summed E-state index contributed by atoms with van der Waals surface area (Å²) in [4.78, 5) is 4.19. The Bertz CT molecular complexity index is 719. The summed E-state index contributed by atoms with van der Waals surface area (Å²) in [5, 5.41) is 9.38. The molecule has 0 aliphatic carbocycles. The summed E-state index contributed by atoms with van der Waals surface area (Å²) >= 11 is 0. The SMILES string of the molecule is COc1ccc(/C=C(\C#N)c2ccccn2)c(OC)c1OC. The Morgan fingerprint density at radius 3 is 2.36 bits per heavy atom. The molecule has 0 spiro atoms. The van der Waals surface area contributed by atoms with Crippen molar-refractivity contribution in [3.05, 3.63) is 47.8 Å². The maximum atomic E-state index is 9.38. The van der Waals surface area contributed by atoms with Crippen molar-refractivity contribution in [2.45, 2.75) is 0 Å². The summed E-state index contributed by atoms with van der Waals surface area (Å²) < 4.78 is 16.0. The molecule has 0 unspecified atom stereocenters. The van der Waals surface area contributed by atoms with E-state index in [9.17, 15) is 5.26 Å². The van der Waals surface area contributed by atoms with Crippen LogP contribution in [0.15, 0.2) is 36.5 Å². The van der Waals surface area contributed by atoms with Crippen LogP contribution in [0.5, 0.6) is 17.2 Å². The molecular formula is C17H16N2O3. The fraction of sp³-hybridized carbons (Fsp3) is 0.176. The Balaban J connectivity index is 2.57. The maximum absolute atomic E-state index is 9.38. The van der Waals surface area contributed by atoms with Crippen LogP contribution in [-0.2, 0) is 0 Å². The van der Waals surface area contributed by atoms with Crippen molar-refractivity contribution in [2.75, 3.05) is 21.3 Å². The molecule has 0 radical (unpaired) electrons. The lowest BCUT2D eigenvalue weighted by atomic mass is 10.1. The van der Waals surface area contributed by atoms with Crippen molar-refractivity contribution in [3.63, 3.8) is 0 Å². The lowest BCUT2D eigenvalue weighted by Gasteiger charge is -2.14. The van der Waals surface area contributed by atoms with Gasteiger partial charge < -0.3 is 14.2 Å². The molecule has 1 aromatic heterocycles. The third-order valence-corrected chi connectivity index (χ3v) is 3.10. The fourth-order valence-electron chi connectivity index (χ4n) is 2.08. The number of methoxy groups -OCH3 is 3. The van der Waals surface area contributed by atoms with Crippen LogP contribution in [0, 0.1) is 11.3 Å². The highest BCUT2D eigenvalue weighted by Crippen LogP contribution is 2.40. The summed E-state index contributed by atoms with van der Waals surface area (Å²) in [5.74, 6) is 1.55. The van der Waals surface area contributed by atoms with Gasteiger partial charge in [0, 0.05) is 11.8 Å². The van der Waals surface area contributed by atoms with E-state index in [1.165, 1.54) is 7.11 Å². The minimum Gasteiger partial charge on any atom is -0.493 e. The standard InChI is InChI=1S/C17H16N2O3/c1-20-15-8-7-12(16(21-2)17(15)22-3)10-13(11-18)14-6-4-5-9-19-14/h4-10H,1-3H3/b13-10+. The monoisotopic (exact) mass is 296 g/mol. The third-order valence-electron chi connectivity index (χ3n) is 3.10.